The number of unbranched alkanes of at least 4 members (excludes halogenated alkanes) is 3. The van der Waals surface area contributed by atoms with Gasteiger partial charge in [0.05, 0.1) is 0 Å². The van der Waals surface area contributed by atoms with Crippen LogP contribution in [0.15, 0.2) is 29.5 Å². The van der Waals surface area contributed by atoms with Gasteiger partial charge in [-0.3, -0.25) is 20.1 Å². The summed E-state index contributed by atoms with van der Waals surface area (Å²) in [5, 5.41) is 22.7. The zero-order valence-corrected chi connectivity index (χ0v) is 11.7. The number of hydrogen-bond donors (Lipinski definition) is 3. The first-order valence-electron chi connectivity index (χ1n) is 6.81. The van der Waals surface area contributed by atoms with Gasteiger partial charge in [0.25, 0.3) is 0 Å². The number of nitriles is 1. The molecule has 1 aromatic rings. The summed E-state index contributed by atoms with van der Waals surface area (Å²) in [5.74, 6) is -0.357. The largest absolute Gasteiger partial charge is 0.481 e. The lowest BCUT2D eigenvalue weighted by Crippen LogP contribution is -2.27. The minimum absolute atomic E-state index is 0.216. The zero-order valence-electron chi connectivity index (χ0n) is 11.7. The van der Waals surface area contributed by atoms with Crippen molar-refractivity contribution in [2.24, 2.45) is 4.99 Å². The molecule has 0 amide bonds. The molecular formula is C14H19N5O2. The van der Waals surface area contributed by atoms with E-state index in [2.05, 4.69) is 20.6 Å². The quantitative estimate of drug-likeness (QED) is 0.222. The molecule has 0 aliphatic carbocycles. The Morgan fingerprint density at radius 3 is 2.67 bits per heavy atom. The number of nitrogens with zero attached hydrogens (tertiary/aromatic N) is 3. The summed E-state index contributed by atoms with van der Waals surface area (Å²) in [7, 11) is 0. The fourth-order valence-corrected chi connectivity index (χ4v) is 1.67. The van der Waals surface area contributed by atoms with Crippen LogP contribution < -0.4 is 10.6 Å². The van der Waals surface area contributed by atoms with Gasteiger partial charge in [0.1, 0.15) is 0 Å². The average Bonchev–Trinajstić information content (AvgIpc) is 2.47. The first kappa shape index (κ1) is 16.4. The van der Waals surface area contributed by atoms with E-state index in [0.29, 0.717) is 18.9 Å². The topological polar surface area (TPSA) is 110 Å². The second kappa shape index (κ2) is 10.2. The SMILES string of the molecule is N#CNC(=NCCCCCCC(=O)O)Nc1ccncc1. The Hall–Kier alpha value is -2.62. The van der Waals surface area contributed by atoms with Crippen molar-refractivity contribution in [3.63, 3.8) is 0 Å². The van der Waals surface area contributed by atoms with Crippen LogP contribution in [0.5, 0.6) is 0 Å². The third kappa shape index (κ3) is 8.21. The van der Waals surface area contributed by atoms with Gasteiger partial charge >= 0.3 is 5.97 Å². The maximum atomic E-state index is 10.3. The van der Waals surface area contributed by atoms with Gasteiger partial charge in [-0.25, -0.2) is 0 Å². The van der Waals surface area contributed by atoms with Gasteiger partial charge < -0.3 is 10.4 Å². The van der Waals surface area contributed by atoms with Crippen molar-refractivity contribution in [2.75, 3.05) is 11.9 Å². The van der Waals surface area contributed by atoms with E-state index in [9.17, 15) is 4.79 Å². The van der Waals surface area contributed by atoms with Crippen molar-refractivity contribution in [3.8, 4) is 6.19 Å². The molecule has 0 bridgehead atoms. The van der Waals surface area contributed by atoms with Crippen molar-refractivity contribution >= 4 is 17.6 Å². The van der Waals surface area contributed by atoms with Crippen LogP contribution in [0.25, 0.3) is 0 Å². The molecule has 0 radical (unpaired) electrons. The molecule has 7 nitrogen and oxygen atoms in total. The predicted octanol–water partition coefficient (Wildman–Crippen LogP) is 1.96. The minimum Gasteiger partial charge on any atom is -0.481 e. The summed E-state index contributed by atoms with van der Waals surface area (Å²) < 4.78 is 0. The number of hydrogen-bond acceptors (Lipinski definition) is 4. The Kier molecular flexibility index (Phi) is 7.98. The summed E-state index contributed by atoms with van der Waals surface area (Å²) in [6, 6.07) is 3.56. The molecular weight excluding hydrogens is 270 g/mol. The molecule has 0 saturated carbocycles. The fourth-order valence-electron chi connectivity index (χ4n) is 1.67. The molecule has 0 saturated heterocycles. The number of guanidine groups is 1. The van der Waals surface area contributed by atoms with E-state index >= 15 is 0 Å². The molecule has 0 spiro atoms. The summed E-state index contributed by atoms with van der Waals surface area (Å²) in [5.41, 5.74) is 0.799. The molecule has 1 rings (SSSR count). The summed E-state index contributed by atoms with van der Waals surface area (Å²) in [4.78, 5) is 18.5. The fraction of sp³-hybridized carbons (Fsp3) is 0.429. The van der Waals surface area contributed by atoms with E-state index in [1.165, 1.54) is 0 Å². The Labute approximate surface area is 123 Å². The van der Waals surface area contributed by atoms with Crippen LogP contribution >= 0.6 is 0 Å². The molecule has 21 heavy (non-hydrogen) atoms. The molecule has 3 N–H and O–H groups in total. The number of carboxylic acids is 1. The lowest BCUT2D eigenvalue weighted by atomic mass is 10.1. The molecule has 0 fully saturated rings. The summed E-state index contributed by atoms with van der Waals surface area (Å²) in [6.45, 7) is 0.579. The van der Waals surface area contributed by atoms with Crippen LogP contribution in [-0.4, -0.2) is 28.6 Å². The van der Waals surface area contributed by atoms with Crippen molar-refractivity contribution in [3.05, 3.63) is 24.5 Å². The Bertz CT molecular complexity index is 496. The second-order valence-electron chi connectivity index (χ2n) is 4.39. The molecule has 0 aliphatic rings. The minimum atomic E-state index is -0.755. The Balaban J connectivity index is 2.29. The number of anilines is 1. The van der Waals surface area contributed by atoms with Gasteiger partial charge in [0.2, 0.25) is 5.96 Å². The molecule has 0 unspecified atom stereocenters. The molecule has 1 heterocycles. The maximum Gasteiger partial charge on any atom is 0.303 e. The molecule has 7 heteroatoms. The van der Waals surface area contributed by atoms with Crippen molar-refractivity contribution in [1.82, 2.24) is 10.3 Å². The predicted molar refractivity (Wildman–Crippen MR) is 79.6 cm³/mol. The van der Waals surface area contributed by atoms with E-state index in [-0.39, 0.29) is 6.42 Å². The van der Waals surface area contributed by atoms with Crippen LogP contribution in [0.1, 0.15) is 32.1 Å². The smallest absolute Gasteiger partial charge is 0.303 e. The van der Waals surface area contributed by atoms with E-state index in [1.54, 1.807) is 24.5 Å². The van der Waals surface area contributed by atoms with Crippen molar-refractivity contribution in [1.29, 1.82) is 5.26 Å². The van der Waals surface area contributed by atoms with Crippen LogP contribution in [0, 0.1) is 11.5 Å². The number of aliphatic carboxylic acids is 1. The summed E-state index contributed by atoms with van der Waals surface area (Å²) >= 11 is 0. The van der Waals surface area contributed by atoms with Crippen molar-refractivity contribution < 1.29 is 9.90 Å². The number of carbonyl (C=O) groups is 1. The zero-order chi connectivity index (χ0) is 15.3. The molecule has 0 aromatic carbocycles. The van der Waals surface area contributed by atoms with Gasteiger partial charge in [-0.15, -0.1) is 0 Å². The molecule has 1 aromatic heterocycles. The molecule has 0 aliphatic heterocycles. The molecule has 112 valence electrons. The normalized spacial score (nSPS) is 10.7. The lowest BCUT2D eigenvalue weighted by Gasteiger charge is -2.07. The third-order valence-corrected chi connectivity index (χ3v) is 2.69. The Morgan fingerprint density at radius 1 is 1.29 bits per heavy atom. The lowest BCUT2D eigenvalue weighted by molar-refractivity contribution is -0.137. The average molecular weight is 289 g/mol. The number of rotatable bonds is 8. The van der Waals surface area contributed by atoms with E-state index in [1.807, 2.05) is 6.19 Å². The van der Waals surface area contributed by atoms with Gasteiger partial charge in [-0.2, -0.15) is 5.26 Å². The maximum absolute atomic E-state index is 10.3. The highest BCUT2D eigenvalue weighted by Gasteiger charge is 1.99. The number of pyridine rings is 1. The van der Waals surface area contributed by atoms with Gasteiger partial charge in [-0.1, -0.05) is 12.8 Å². The molecule has 0 atom stereocenters. The number of aromatic nitrogens is 1. The Morgan fingerprint density at radius 2 is 2.00 bits per heavy atom. The summed E-state index contributed by atoms with van der Waals surface area (Å²) in [6.07, 6.45) is 8.69. The number of nitrogens with one attached hydrogen (secondary N) is 2. The first-order chi connectivity index (χ1) is 10.2. The standard InChI is InChI=1S/C14H19N5O2/c15-11-18-14(19-12-6-9-16-10-7-12)17-8-4-2-1-3-5-13(20)21/h6-7,9-10H,1-5,8H2,(H,20,21)(H2,16,17,18,19). The highest BCUT2D eigenvalue weighted by Crippen LogP contribution is 2.04. The van der Waals surface area contributed by atoms with Crippen LogP contribution in [-0.2, 0) is 4.79 Å². The monoisotopic (exact) mass is 289 g/mol. The van der Waals surface area contributed by atoms with E-state index in [4.69, 9.17) is 10.4 Å². The van der Waals surface area contributed by atoms with E-state index < -0.39 is 5.97 Å². The second-order valence-corrected chi connectivity index (χ2v) is 4.39. The highest BCUT2D eigenvalue weighted by molar-refractivity contribution is 5.94. The van der Waals surface area contributed by atoms with Gasteiger partial charge in [0, 0.05) is 31.0 Å². The number of aliphatic imine (C=N–C) groups is 1. The van der Waals surface area contributed by atoms with Crippen LogP contribution in [0.4, 0.5) is 5.69 Å². The van der Waals surface area contributed by atoms with Gasteiger partial charge in [0.15, 0.2) is 6.19 Å². The van der Waals surface area contributed by atoms with Gasteiger partial charge in [-0.05, 0) is 25.0 Å². The third-order valence-electron chi connectivity index (χ3n) is 2.69. The highest BCUT2D eigenvalue weighted by atomic mass is 16.4. The van der Waals surface area contributed by atoms with E-state index in [0.717, 1.165) is 24.9 Å². The van der Waals surface area contributed by atoms with Crippen molar-refractivity contribution in [2.45, 2.75) is 32.1 Å². The van der Waals surface area contributed by atoms with Crippen LogP contribution in [0.3, 0.4) is 0 Å². The number of carboxylic acid groups (broad SMARTS) is 1. The van der Waals surface area contributed by atoms with Crippen LogP contribution in [0.2, 0.25) is 0 Å². The first-order valence-corrected chi connectivity index (χ1v) is 6.81.